The van der Waals surface area contributed by atoms with Crippen LogP contribution in [0.3, 0.4) is 0 Å². The van der Waals surface area contributed by atoms with Gasteiger partial charge in [-0.1, -0.05) is 22.9 Å². The molecule has 1 fully saturated rings. The lowest BCUT2D eigenvalue weighted by molar-refractivity contribution is -0.258. The molecule has 1 aromatic carbocycles. The number of ether oxygens (including phenoxy) is 3. The number of anilines is 1. The fourth-order valence-electron chi connectivity index (χ4n) is 3.99. The molecule has 1 saturated heterocycles. The molecule has 0 saturated carbocycles. The SMILES string of the molecule is COc1nc(N)nc2c1ncn2[C@@H]1O[C@H](COOP(=O)(N[C@@H](C)C(=O)OC(C)C)OOc2ccccc2)[C@@H](O)[C@@]1(C)F. The first kappa shape index (κ1) is 31.5. The van der Waals surface area contributed by atoms with Crippen LogP contribution in [0.5, 0.6) is 11.6 Å². The third kappa shape index (κ3) is 6.95. The van der Waals surface area contributed by atoms with E-state index in [4.69, 9.17) is 39.1 Å². The van der Waals surface area contributed by atoms with Gasteiger partial charge in [-0.15, -0.1) is 4.67 Å². The number of carbonyl (C=O) groups excluding carboxylic acids is 1. The lowest BCUT2D eigenvalue weighted by atomic mass is 9.98. The number of carbonyl (C=O) groups is 1. The normalized spacial score (nSPS) is 24.4. The van der Waals surface area contributed by atoms with Gasteiger partial charge in [0.2, 0.25) is 11.8 Å². The van der Waals surface area contributed by atoms with E-state index in [2.05, 4.69) is 20.0 Å². The minimum atomic E-state index is -4.54. The summed E-state index contributed by atoms with van der Waals surface area (Å²) in [6, 6.07) is 6.84. The van der Waals surface area contributed by atoms with Crippen LogP contribution in [0.25, 0.3) is 11.2 Å². The maximum absolute atomic E-state index is 15.8. The Hall–Kier alpha value is -3.44. The number of hydrogen-bond donors (Lipinski definition) is 3. The van der Waals surface area contributed by atoms with Crippen molar-refractivity contribution in [2.75, 3.05) is 19.5 Å². The fourth-order valence-corrected chi connectivity index (χ4v) is 5.06. The molecule has 3 heterocycles. The van der Waals surface area contributed by atoms with Gasteiger partial charge in [-0.25, -0.2) is 23.9 Å². The minimum Gasteiger partial charge on any atom is -0.479 e. The average molecular weight is 615 g/mol. The van der Waals surface area contributed by atoms with Gasteiger partial charge in [0.1, 0.15) is 24.9 Å². The number of nitrogens with two attached hydrogens (primary N) is 1. The van der Waals surface area contributed by atoms with Gasteiger partial charge in [0, 0.05) is 0 Å². The van der Waals surface area contributed by atoms with E-state index in [9.17, 15) is 14.5 Å². The number of aliphatic hydroxyl groups excluding tert-OH is 1. The molecular formula is C24H32FN6O10P. The molecule has 1 aliphatic heterocycles. The summed E-state index contributed by atoms with van der Waals surface area (Å²) in [6.07, 6.45) is -3.74. The number of para-hydroxylation sites is 1. The Morgan fingerprint density at radius 1 is 1.26 bits per heavy atom. The van der Waals surface area contributed by atoms with Gasteiger partial charge in [0.25, 0.3) is 0 Å². The summed E-state index contributed by atoms with van der Waals surface area (Å²) in [5.41, 5.74) is 3.65. The van der Waals surface area contributed by atoms with E-state index in [1.165, 1.54) is 37.1 Å². The topological polar surface area (TPSA) is 201 Å². The second-order valence-corrected chi connectivity index (χ2v) is 11.3. The van der Waals surface area contributed by atoms with Crippen LogP contribution in [0.2, 0.25) is 0 Å². The quantitative estimate of drug-likeness (QED) is 0.110. The van der Waals surface area contributed by atoms with Crippen molar-refractivity contribution in [2.24, 2.45) is 0 Å². The second-order valence-electron chi connectivity index (χ2n) is 9.70. The van der Waals surface area contributed by atoms with E-state index < -0.39 is 56.6 Å². The van der Waals surface area contributed by atoms with Crippen LogP contribution in [-0.2, 0) is 33.1 Å². The zero-order valence-corrected chi connectivity index (χ0v) is 24.3. The highest BCUT2D eigenvalue weighted by Crippen LogP contribution is 2.47. The minimum absolute atomic E-state index is 0.0659. The number of aromatic nitrogens is 4. The summed E-state index contributed by atoms with van der Waals surface area (Å²) >= 11 is 0. The summed E-state index contributed by atoms with van der Waals surface area (Å²) in [5.74, 6) is -0.673. The zero-order valence-electron chi connectivity index (χ0n) is 23.4. The number of methoxy groups -OCH3 is 1. The number of aliphatic hydroxyl groups is 1. The molecule has 0 amide bonds. The van der Waals surface area contributed by atoms with Crippen molar-refractivity contribution in [1.82, 2.24) is 24.6 Å². The van der Waals surface area contributed by atoms with Crippen LogP contribution in [0.4, 0.5) is 10.3 Å². The van der Waals surface area contributed by atoms with Gasteiger partial charge in [0.15, 0.2) is 28.8 Å². The predicted molar refractivity (Wildman–Crippen MR) is 142 cm³/mol. The summed E-state index contributed by atoms with van der Waals surface area (Å²) < 4.78 is 56.5. The maximum atomic E-state index is 15.8. The van der Waals surface area contributed by atoms with Gasteiger partial charge in [0.05, 0.1) is 19.5 Å². The number of hydrogen-bond acceptors (Lipinski definition) is 14. The summed E-state index contributed by atoms with van der Waals surface area (Å²) in [7, 11) is -3.18. The molecule has 1 unspecified atom stereocenters. The lowest BCUT2D eigenvalue weighted by Gasteiger charge is -2.24. The number of halogens is 1. The smallest absolute Gasteiger partial charge is 0.469 e. The maximum Gasteiger partial charge on any atom is 0.469 e. The van der Waals surface area contributed by atoms with Gasteiger partial charge in [-0.05, 0) is 39.8 Å². The van der Waals surface area contributed by atoms with Crippen LogP contribution >= 0.6 is 7.75 Å². The number of imidazole rings is 1. The molecule has 4 N–H and O–H groups in total. The van der Waals surface area contributed by atoms with E-state index >= 15 is 4.39 Å². The summed E-state index contributed by atoms with van der Waals surface area (Å²) in [4.78, 5) is 34.6. The number of rotatable bonds is 13. The standard InChI is InChI=1S/C24H32FN6O10P/c1-13(2)37-21(33)14(3)30-42(34,41-39-15-9-7-6-8-10-15)40-36-11-16-18(32)24(4,25)22(38-16)31-12-27-17-19(31)28-23(26)29-20(17)35-5/h6-10,12-14,16,18,22,32H,11H2,1-5H3,(H,30,34)(H2,26,28,29)/t14-,16+,18+,22+,24+,42?/m0/s1. The number of nitrogen functional groups attached to an aromatic ring is 1. The predicted octanol–water partition coefficient (Wildman–Crippen LogP) is 2.40. The average Bonchev–Trinajstić information content (AvgIpc) is 3.45. The molecule has 0 bridgehead atoms. The zero-order chi connectivity index (χ0) is 30.7. The second kappa shape index (κ2) is 12.8. The Morgan fingerprint density at radius 3 is 2.64 bits per heavy atom. The third-order valence-corrected chi connectivity index (χ3v) is 7.26. The summed E-state index contributed by atoms with van der Waals surface area (Å²) in [5, 5.41) is 13.1. The van der Waals surface area contributed by atoms with E-state index in [1.54, 1.807) is 32.0 Å². The van der Waals surface area contributed by atoms with Crippen molar-refractivity contribution in [1.29, 1.82) is 0 Å². The van der Waals surface area contributed by atoms with Crippen molar-refractivity contribution in [2.45, 2.75) is 63.9 Å². The van der Waals surface area contributed by atoms with E-state index in [-0.39, 0.29) is 28.7 Å². The number of alkyl halides is 1. The number of benzene rings is 1. The Kier molecular flexibility index (Phi) is 9.62. The number of esters is 1. The molecule has 2 aromatic heterocycles. The van der Waals surface area contributed by atoms with Crippen molar-refractivity contribution in [3.63, 3.8) is 0 Å². The van der Waals surface area contributed by atoms with E-state index in [0.29, 0.717) is 0 Å². The lowest BCUT2D eigenvalue weighted by Crippen LogP contribution is -2.41. The molecule has 1 aliphatic rings. The van der Waals surface area contributed by atoms with Crippen LogP contribution in [0.1, 0.15) is 33.9 Å². The van der Waals surface area contributed by atoms with Crippen molar-refractivity contribution < 1.29 is 52.2 Å². The van der Waals surface area contributed by atoms with Crippen LogP contribution in [0, 0.1) is 0 Å². The van der Waals surface area contributed by atoms with Crippen molar-refractivity contribution in [3.8, 4) is 11.6 Å². The molecule has 4 rings (SSSR count). The van der Waals surface area contributed by atoms with E-state index in [0.717, 1.165) is 6.92 Å². The van der Waals surface area contributed by atoms with Gasteiger partial charge >= 0.3 is 13.7 Å². The highest BCUT2D eigenvalue weighted by Gasteiger charge is 2.55. The molecule has 230 valence electrons. The first-order valence-electron chi connectivity index (χ1n) is 12.7. The largest absolute Gasteiger partial charge is 0.479 e. The van der Waals surface area contributed by atoms with E-state index in [1.807, 2.05) is 0 Å². The molecule has 18 heteroatoms. The van der Waals surface area contributed by atoms with Crippen LogP contribution < -0.4 is 20.4 Å². The van der Waals surface area contributed by atoms with Crippen LogP contribution in [-0.4, -0.2) is 74.3 Å². The van der Waals surface area contributed by atoms with Crippen LogP contribution in [0.15, 0.2) is 36.7 Å². The Bertz CT molecular complexity index is 1430. The number of nitrogens with zero attached hydrogens (tertiary/aromatic N) is 4. The fraction of sp³-hybridized carbons (Fsp3) is 0.500. The van der Waals surface area contributed by atoms with Crippen molar-refractivity contribution >= 4 is 30.8 Å². The first-order valence-corrected chi connectivity index (χ1v) is 14.3. The monoisotopic (exact) mass is 614 g/mol. The third-order valence-electron chi connectivity index (χ3n) is 5.98. The van der Waals surface area contributed by atoms with Crippen molar-refractivity contribution in [3.05, 3.63) is 36.7 Å². The molecule has 3 aromatic rings. The number of fused-ring (bicyclic) bond motifs is 1. The first-order chi connectivity index (χ1) is 19.8. The van der Waals surface area contributed by atoms with Gasteiger partial charge < -0.3 is 29.9 Å². The molecule has 0 spiro atoms. The molecular weight excluding hydrogens is 582 g/mol. The highest BCUT2D eigenvalue weighted by atomic mass is 31.2. The summed E-state index contributed by atoms with van der Waals surface area (Å²) in [6.45, 7) is 5.12. The molecule has 16 nitrogen and oxygen atoms in total. The van der Waals surface area contributed by atoms with Gasteiger partial charge in [-0.2, -0.15) is 9.97 Å². The Labute approximate surface area is 239 Å². The Balaban J connectivity index is 1.47. The highest BCUT2D eigenvalue weighted by molar-refractivity contribution is 7.51. The number of nitrogens with one attached hydrogen (secondary N) is 1. The van der Waals surface area contributed by atoms with Gasteiger partial charge in [-0.3, -0.25) is 9.36 Å². The molecule has 42 heavy (non-hydrogen) atoms. The Morgan fingerprint density at radius 2 is 1.98 bits per heavy atom. The molecule has 6 atom stereocenters. The molecule has 0 radical (unpaired) electrons. The molecule has 0 aliphatic carbocycles.